The Kier molecular flexibility index (Phi) is 4.91. The van der Waals surface area contributed by atoms with Crippen LogP contribution in [0.1, 0.15) is 11.1 Å². The van der Waals surface area contributed by atoms with Crippen molar-refractivity contribution in [3.8, 4) is 11.5 Å². The summed E-state index contributed by atoms with van der Waals surface area (Å²) in [5.41, 5.74) is 4.55. The zero-order valence-corrected chi connectivity index (χ0v) is 19.2. The van der Waals surface area contributed by atoms with E-state index in [1.165, 1.54) is 15.8 Å². The smallest absolute Gasteiger partial charge is 0.186 e. The number of benzene rings is 2. The van der Waals surface area contributed by atoms with Gasteiger partial charge in [0.1, 0.15) is 21.7 Å². The Balaban J connectivity index is 1.38. The van der Waals surface area contributed by atoms with Crippen molar-refractivity contribution >= 4 is 53.4 Å². The van der Waals surface area contributed by atoms with Gasteiger partial charge in [-0.3, -0.25) is 0 Å². The van der Waals surface area contributed by atoms with E-state index in [0.29, 0.717) is 0 Å². The third-order valence-electron chi connectivity index (χ3n) is 5.54. The standard InChI is InChI=1S/C22H24N4O2S2/c1-13-11-14(2)18-17(12-13)29-21(23-18)25-7-9-26(10-8-25)22-24-19-15(27-3)5-6-16(28-4)20(19)30-22/h5-6,11-12H,7-10H2,1-4H3. The second kappa shape index (κ2) is 7.59. The van der Waals surface area contributed by atoms with Crippen molar-refractivity contribution in [1.29, 1.82) is 0 Å². The maximum atomic E-state index is 5.53. The first kappa shape index (κ1) is 19.4. The van der Waals surface area contributed by atoms with E-state index < -0.39 is 0 Å². The van der Waals surface area contributed by atoms with Gasteiger partial charge in [-0.05, 0) is 43.2 Å². The fraction of sp³-hybridized carbons (Fsp3) is 0.364. The van der Waals surface area contributed by atoms with E-state index in [1.807, 2.05) is 12.1 Å². The molecule has 0 N–H and O–H groups in total. The van der Waals surface area contributed by atoms with Crippen LogP contribution in [0.25, 0.3) is 20.4 Å². The van der Waals surface area contributed by atoms with Crippen LogP contribution in [0.4, 0.5) is 10.3 Å². The zero-order chi connectivity index (χ0) is 20.8. The summed E-state index contributed by atoms with van der Waals surface area (Å²) in [6, 6.07) is 8.30. The lowest BCUT2D eigenvalue weighted by Gasteiger charge is -2.34. The number of hydrogen-bond donors (Lipinski definition) is 0. The summed E-state index contributed by atoms with van der Waals surface area (Å²) < 4.78 is 13.3. The molecule has 5 rings (SSSR count). The first-order valence-electron chi connectivity index (χ1n) is 9.96. The van der Waals surface area contributed by atoms with E-state index in [9.17, 15) is 0 Å². The number of fused-ring (bicyclic) bond motifs is 2. The monoisotopic (exact) mass is 440 g/mol. The number of aromatic nitrogens is 2. The number of ether oxygens (including phenoxy) is 2. The molecule has 6 nitrogen and oxygen atoms in total. The van der Waals surface area contributed by atoms with E-state index in [0.717, 1.165) is 63.7 Å². The molecule has 4 aromatic rings. The minimum Gasteiger partial charge on any atom is -0.495 e. The van der Waals surface area contributed by atoms with Gasteiger partial charge in [0.05, 0.1) is 24.4 Å². The predicted octanol–water partition coefficient (Wildman–Crippen LogP) is 4.87. The van der Waals surface area contributed by atoms with Crippen LogP contribution in [0.5, 0.6) is 11.5 Å². The molecule has 1 saturated heterocycles. The summed E-state index contributed by atoms with van der Waals surface area (Å²) in [5, 5.41) is 2.13. The highest BCUT2D eigenvalue weighted by Crippen LogP contribution is 2.40. The molecule has 0 radical (unpaired) electrons. The van der Waals surface area contributed by atoms with Crippen molar-refractivity contribution in [3.05, 3.63) is 35.4 Å². The van der Waals surface area contributed by atoms with Crippen molar-refractivity contribution in [2.75, 3.05) is 50.2 Å². The van der Waals surface area contributed by atoms with Gasteiger partial charge in [0, 0.05) is 26.2 Å². The minimum absolute atomic E-state index is 0.784. The highest BCUT2D eigenvalue weighted by molar-refractivity contribution is 7.22. The average Bonchev–Trinajstić information content (AvgIpc) is 3.38. The van der Waals surface area contributed by atoms with Gasteiger partial charge in [0.2, 0.25) is 0 Å². The second-order valence-corrected chi connectivity index (χ2v) is 9.53. The molecular weight excluding hydrogens is 416 g/mol. The van der Waals surface area contributed by atoms with Crippen LogP contribution in [0.15, 0.2) is 24.3 Å². The molecule has 0 aliphatic carbocycles. The number of aryl methyl sites for hydroxylation is 2. The summed E-state index contributed by atoms with van der Waals surface area (Å²) in [6.45, 7) is 7.99. The third-order valence-corrected chi connectivity index (χ3v) is 7.73. The molecule has 1 aliphatic heterocycles. The topological polar surface area (TPSA) is 50.7 Å². The SMILES string of the molecule is COc1ccc(OC)c2sc(N3CCN(c4nc5c(C)cc(C)cc5s4)CC3)nc12. The van der Waals surface area contributed by atoms with Crippen LogP contribution in [0, 0.1) is 13.8 Å². The van der Waals surface area contributed by atoms with Gasteiger partial charge in [-0.2, -0.15) is 0 Å². The predicted molar refractivity (Wildman–Crippen MR) is 126 cm³/mol. The first-order chi connectivity index (χ1) is 14.6. The lowest BCUT2D eigenvalue weighted by molar-refractivity contribution is 0.410. The number of anilines is 2. The summed E-state index contributed by atoms with van der Waals surface area (Å²) in [6.07, 6.45) is 0. The fourth-order valence-corrected chi connectivity index (χ4v) is 6.31. The molecule has 1 aliphatic rings. The Morgan fingerprint density at radius 1 is 0.800 bits per heavy atom. The van der Waals surface area contributed by atoms with Crippen molar-refractivity contribution < 1.29 is 9.47 Å². The van der Waals surface area contributed by atoms with Crippen LogP contribution < -0.4 is 19.3 Å². The number of nitrogens with zero attached hydrogens (tertiary/aromatic N) is 4. The second-order valence-electron chi connectivity index (χ2n) is 7.54. The highest BCUT2D eigenvalue weighted by Gasteiger charge is 2.24. The van der Waals surface area contributed by atoms with E-state index in [4.69, 9.17) is 19.4 Å². The number of rotatable bonds is 4. The zero-order valence-electron chi connectivity index (χ0n) is 17.6. The van der Waals surface area contributed by atoms with Gasteiger partial charge < -0.3 is 19.3 Å². The lowest BCUT2D eigenvalue weighted by Crippen LogP contribution is -2.46. The quantitative estimate of drug-likeness (QED) is 0.451. The molecule has 1 fully saturated rings. The summed E-state index contributed by atoms with van der Waals surface area (Å²) in [5.74, 6) is 1.63. The minimum atomic E-state index is 0.784. The van der Waals surface area contributed by atoms with Crippen LogP contribution >= 0.6 is 22.7 Å². The maximum absolute atomic E-state index is 5.53. The Labute approximate surface area is 183 Å². The van der Waals surface area contributed by atoms with E-state index in [2.05, 4.69) is 35.8 Å². The number of thiazole rings is 2. The Bertz CT molecular complexity index is 1180. The molecular formula is C22H24N4O2S2. The van der Waals surface area contributed by atoms with E-state index >= 15 is 0 Å². The van der Waals surface area contributed by atoms with Crippen molar-refractivity contribution in [2.45, 2.75) is 13.8 Å². The Morgan fingerprint density at radius 3 is 2.07 bits per heavy atom. The van der Waals surface area contributed by atoms with Gasteiger partial charge >= 0.3 is 0 Å². The van der Waals surface area contributed by atoms with E-state index in [1.54, 1.807) is 36.9 Å². The van der Waals surface area contributed by atoms with Gasteiger partial charge in [-0.25, -0.2) is 9.97 Å². The van der Waals surface area contributed by atoms with Crippen molar-refractivity contribution in [3.63, 3.8) is 0 Å². The normalized spacial score (nSPS) is 14.7. The van der Waals surface area contributed by atoms with E-state index in [-0.39, 0.29) is 0 Å². The average molecular weight is 441 g/mol. The molecule has 0 unspecified atom stereocenters. The molecule has 2 aromatic carbocycles. The van der Waals surface area contributed by atoms with Crippen molar-refractivity contribution in [2.24, 2.45) is 0 Å². The number of methoxy groups -OCH3 is 2. The number of piperazine rings is 1. The molecule has 0 atom stereocenters. The molecule has 0 amide bonds. The van der Waals surface area contributed by atoms with Gasteiger partial charge in [-0.15, -0.1) is 0 Å². The number of hydrogen-bond acceptors (Lipinski definition) is 8. The highest BCUT2D eigenvalue weighted by atomic mass is 32.1. The third kappa shape index (κ3) is 3.24. The van der Waals surface area contributed by atoms with Crippen LogP contribution in [-0.4, -0.2) is 50.4 Å². The summed E-state index contributed by atoms with van der Waals surface area (Å²) in [7, 11) is 3.38. The molecule has 156 valence electrons. The van der Waals surface area contributed by atoms with Crippen molar-refractivity contribution in [1.82, 2.24) is 9.97 Å². The molecule has 3 heterocycles. The molecule has 2 aromatic heterocycles. The van der Waals surface area contributed by atoms with Crippen LogP contribution in [0.3, 0.4) is 0 Å². The summed E-state index contributed by atoms with van der Waals surface area (Å²) >= 11 is 3.46. The molecule has 0 spiro atoms. The van der Waals surface area contributed by atoms with Gasteiger partial charge in [0.25, 0.3) is 0 Å². The van der Waals surface area contributed by atoms with Gasteiger partial charge in [0.15, 0.2) is 10.3 Å². The lowest BCUT2D eigenvalue weighted by atomic mass is 10.1. The molecule has 8 heteroatoms. The molecule has 30 heavy (non-hydrogen) atoms. The molecule has 0 saturated carbocycles. The Morgan fingerprint density at radius 2 is 1.40 bits per heavy atom. The fourth-order valence-electron chi connectivity index (χ4n) is 3.99. The molecule has 0 bridgehead atoms. The van der Waals surface area contributed by atoms with Crippen LogP contribution in [-0.2, 0) is 0 Å². The Hall–Kier alpha value is -2.58. The first-order valence-corrected chi connectivity index (χ1v) is 11.6. The largest absolute Gasteiger partial charge is 0.495 e. The summed E-state index contributed by atoms with van der Waals surface area (Å²) in [4.78, 5) is 14.6. The van der Waals surface area contributed by atoms with Crippen LogP contribution in [0.2, 0.25) is 0 Å². The van der Waals surface area contributed by atoms with Gasteiger partial charge in [-0.1, -0.05) is 28.7 Å². The maximum Gasteiger partial charge on any atom is 0.186 e.